The first-order valence-electron chi connectivity index (χ1n) is 8.44. The summed E-state index contributed by atoms with van der Waals surface area (Å²) in [7, 11) is 0. The summed E-state index contributed by atoms with van der Waals surface area (Å²) < 4.78 is 1.78. The Morgan fingerprint density at radius 1 is 1.29 bits per heavy atom. The fourth-order valence-electron chi connectivity index (χ4n) is 2.70. The van der Waals surface area contributed by atoms with Gasteiger partial charge in [0.05, 0.1) is 23.1 Å². The van der Waals surface area contributed by atoms with Crippen LogP contribution in [0.15, 0.2) is 30.5 Å². The number of nitrogens with zero attached hydrogens (tertiary/aromatic N) is 3. The van der Waals surface area contributed by atoms with Crippen LogP contribution in [0, 0.1) is 0 Å². The molecular weight excluding hydrogens is 324 g/mol. The molecule has 0 saturated heterocycles. The molecule has 0 spiro atoms. The van der Waals surface area contributed by atoms with Gasteiger partial charge in [0.15, 0.2) is 0 Å². The number of hydrogen-bond donors (Lipinski definition) is 1. The molecule has 0 radical (unpaired) electrons. The van der Waals surface area contributed by atoms with Crippen LogP contribution in [0.1, 0.15) is 36.8 Å². The van der Waals surface area contributed by atoms with E-state index < -0.39 is 0 Å². The Bertz CT molecular complexity index is 679. The van der Waals surface area contributed by atoms with Crippen LogP contribution in [0.4, 0.5) is 0 Å². The van der Waals surface area contributed by atoms with Gasteiger partial charge in [0, 0.05) is 18.1 Å². The summed E-state index contributed by atoms with van der Waals surface area (Å²) in [6, 6.07) is 7.47. The number of aromatic nitrogens is 2. The summed E-state index contributed by atoms with van der Waals surface area (Å²) in [6.07, 6.45) is 2.35. The van der Waals surface area contributed by atoms with Gasteiger partial charge < -0.3 is 10.2 Å². The summed E-state index contributed by atoms with van der Waals surface area (Å²) in [6.45, 7) is 9.71. The highest BCUT2D eigenvalue weighted by Gasteiger charge is 2.17. The van der Waals surface area contributed by atoms with Gasteiger partial charge in [0.1, 0.15) is 0 Å². The van der Waals surface area contributed by atoms with Crippen LogP contribution in [0.5, 0.6) is 0 Å². The van der Waals surface area contributed by atoms with Crippen LogP contribution in [0.25, 0.3) is 5.69 Å². The Labute approximate surface area is 148 Å². The molecule has 2 rings (SSSR count). The van der Waals surface area contributed by atoms with Crippen molar-refractivity contribution in [2.45, 2.75) is 27.2 Å². The van der Waals surface area contributed by atoms with E-state index in [-0.39, 0.29) is 5.91 Å². The van der Waals surface area contributed by atoms with Crippen molar-refractivity contribution in [3.8, 4) is 5.69 Å². The van der Waals surface area contributed by atoms with Crippen LogP contribution in [-0.2, 0) is 6.42 Å². The summed E-state index contributed by atoms with van der Waals surface area (Å²) in [5.41, 5.74) is 2.37. The van der Waals surface area contributed by atoms with E-state index in [1.165, 1.54) is 0 Å². The lowest BCUT2D eigenvalue weighted by Gasteiger charge is -2.18. The monoisotopic (exact) mass is 348 g/mol. The quantitative estimate of drug-likeness (QED) is 0.797. The lowest BCUT2D eigenvalue weighted by Crippen LogP contribution is -2.35. The fraction of sp³-hybridized carbons (Fsp3) is 0.444. The molecule has 5 nitrogen and oxygen atoms in total. The van der Waals surface area contributed by atoms with E-state index in [0.717, 1.165) is 31.0 Å². The van der Waals surface area contributed by atoms with E-state index in [0.29, 0.717) is 23.6 Å². The van der Waals surface area contributed by atoms with Crippen molar-refractivity contribution in [1.82, 2.24) is 20.0 Å². The highest BCUT2D eigenvalue weighted by Crippen LogP contribution is 2.19. The SMILES string of the molecule is CCc1c(C(=O)NCCN(CC)CC)cnn1-c1cccc(Cl)c1. The molecule has 0 aliphatic heterocycles. The number of halogens is 1. The minimum absolute atomic E-state index is 0.0766. The molecule has 130 valence electrons. The largest absolute Gasteiger partial charge is 0.351 e. The number of carbonyl (C=O) groups is 1. The zero-order valence-electron chi connectivity index (χ0n) is 14.6. The van der Waals surface area contributed by atoms with E-state index in [1.807, 2.05) is 31.2 Å². The smallest absolute Gasteiger partial charge is 0.254 e. The topological polar surface area (TPSA) is 50.2 Å². The van der Waals surface area contributed by atoms with Gasteiger partial charge in [-0.2, -0.15) is 5.10 Å². The number of rotatable bonds is 8. The Hall–Kier alpha value is -1.85. The third kappa shape index (κ3) is 4.36. The van der Waals surface area contributed by atoms with Crippen molar-refractivity contribution in [2.75, 3.05) is 26.2 Å². The predicted octanol–water partition coefficient (Wildman–Crippen LogP) is 3.16. The van der Waals surface area contributed by atoms with Crippen LogP contribution >= 0.6 is 11.6 Å². The molecule has 0 atom stereocenters. The molecule has 0 saturated carbocycles. The van der Waals surface area contributed by atoms with E-state index in [4.69, 9.17) is 11.6 Å². The molecule has 1 amide bonds. The van der Waals surface area contributed by atoms with Crippen LogP contribution < -0.4 is 5.32 Å². The standard InChI is InChI=1S/C18H25ClN4O/c1-4-17-16(18(24)20-10-11-22(5-2)6-3)13-21-23(17)15-9-7-8-14(19)12-15/h7-9,12-13H,4-6,10-11H2,1-3H3,(H,20,24). The van der Waals surface area contributed by atoms with Crippen molar-refractivity contribution >= 4 is 17.5 Å². The molecule has 1 N–H and O–H groups in total. The Balaban J connectivity index is 2.12. The molecule has 0 aliphatic rings. The first kappa shape index (κ1) is 18.5. The van der Waals surface area contributed by atoms with Crippen molar-refractivity contribution < 1.29 is 4.79 Å². The molecule has 24 heavy (non-hydrogen) atoms. The first-order valence-corrected chi connectivity index (χ1v) is 8.81. The summed E-state index contributed by atoms with van der Waals surface area (Å²) >= 11 is 6.06. The third-order valence-corrected chi connectivity index (χ3v) is 4.34. The van der Waals surface area contributed by atoms with Crippen LogP contribution in [-0.4, -0.2) is 46.8 Å². The molecule has 0 fully saturated rings. The Morgan fingerprint density at radius 3 is 2.67 bits per heavy atom. The van der Waals surface area contributed by atoms with Crippen molar-refractivity contribution in [3.05, 3.63) is 46.7 Å². The minimum atomic E-state index is -0.0766. The maximum absolute atomic E-state index is 12.5. The average Bonchev–Trinajstić information content (AvgIpc) is 3.02. The summed E-state index contributed by atoms with van der Waals surface area (Å²) in [5, 5.41) is 8.02. The average molecular weight is 349 g/mol. The lowest BCUT2D eigenvalue weighted by atomic mass is 10.2. The number of hydrogen-bond acceptors (Lipinski definition) is 3. The highest BCUT2D eigenvalue weighted by molar-refractivity contribution is 6.30. The molecule has 1 aromatic carbocycles. The number of carbonyl (C=O) groups excluding carboxylic acids is 1. The minimum Gasteiger partial charge on any atom is -0.351 e. The van der Waals surface area contributed by atoms with Gasteiger partial charge in [-0.25, -0.2) is 4.68 Å². The normalized spacial score (nSPS) is 11.0. The van der Waals surface area contributed by atoms with E-state index >= 15 is 0 Å². The fourth-order valence-corrected chi connectivity index (χ4v) is 2.88. The van der Waals surface area contributed by atoms with Gasteiger partial charge >= 0.3 is 0 Å². The van der Waals surface area contributed by atoms with Gasteiger partial charge in [-0.3, -0.25) is 4.79 Å². The molecule has 2 aromatic rings. The second-order valence-electron chi connectivity index (χ2n) is 5.53. The molecule has 0 aliphatic carbocycles. The highest BCUT2D eigenvalue weighted by atomic mass is 35.5. The summed E-state index contributed by atoms with van der Waals surface area (Å²) in [5.74, 6) is -0.0766. The number of amides is 1. The molecule has 0 bridgehead atoms. The summed E-state index contributed by atoms with van der Waals surface area (Å²) in [4.78, 5) is 14.8. The van der Waals surface area contributed by atoms with Gasteiger partial charge in [-0.05, 0) is 37.7 Å². The molecular formula is C18H25ClN4O. The zero-order valence-corrected chi connectivity index (χ0v) is 15.3. The Morgan fingerprint density at radius 2 is 2.04 bits per heavy atom. The van der Waals surface area contributed by atoms with Gasteiger partial charge in [0.25, 0.3) is 5.91 Å². The van der Waals surface area contributed by atoms with E-state index in [2.05, 4.69) is 29.2 Å². The zero-order chi connectivity index (χ0) is 17.5. The van der Waals surface area contributed by atoms with E-state index in [1.54, 1.807) is 10.9 Å². The maximum Gasteiger partial charge on any atom is 0.254 e. The Kier molecular flexibility index (Phi) is 6.82. The van der Waals surface area contributed by atoms with Crippen molar-refractivity contribution in [1.29, 1.82) is 0 Å². The molecule has 1 aromatic heterocycles. The second kappa shape index (κ2) is 8.85. The second-order valence-corrected chi connectivity index (χ2v) is 5.97. The molecule has 0 unspecified atom stereocenters. The van der Waals surface area contributed by atoms with E-state index in [9.17, 15) is 4.79 Å². The van der Waals surface area contributed by atoms with Gasteiger partial charge in [-0.15, -0.1) is 0 Å². The predicted molar refractivity (Wildman–Crippen MR) is 98.1 cm³/mol. The third-order valence-electron chi connectivity index (χ3n) is 4.11. The van der Waals surface area contributed by atoms with Gasteiger partial charge in [-0.1, -0.05) is 38.4 Å². The number of benzene rings is 1. The lowest BCUT2D eigenvalue weighted by molar-refractivity contribution is 0.0948. The number of likely N-dealkylation sites (N-methyl/N-ethyl adjacent to an activating group) is 1. The van der Waals surface area contributed by atoms with Crippen molar-refractivity contribution in [2.24, 2.45) is 0 Å². The van der Waals surface area contributed by atoms with Crippen LogP contribution in [0.2, 0.25) is 5.02 Å². The number of nitrogens with one attached hydrogen (secondary N) is 1. The van der Waals surface area contributed by atoms with Gasteiger partial charge in [0.2, 0.25) is 0 Å². The molecule has 1 heterocycles. The molecule has 6 heteroatoms. The van der Waals surface area contributed by atoms with Crippen LogP contribution in [0.3, 0.4) is 0 Å². The maximum atomic E-state index is 12.5. The van der Waals surface area contributed by atoms with Crippen molar-refractivity contribution in [3.63, 3.8) is 0 Å². The first-order chi connectivity index (χ1) is 11.6.